The molecule has 0 aliphatic heterocycles. The van der Waals surface area contributed by atoms with Gasteiger partial charge in [-0.1, -0.05) is 45.0 Å². The van der Waals surface area contributed by atoms with Crippen molar-refractivity contribution in [1.29, 1.82) is 0 Å². The van der Waals surface area contributed by atoms with Gasteiger partial charge in [0.25, 0.3) is 5.91 Å². The molecule has 1 atom stereocenters. The molecule has 27 heavy (non-hydrogen) atoms. The number of carboxylic acid groups (broad SMARTS) is 2. The third-order valence-corrected chi connectivity index (χ3v) is 4.26. The summed E-state index contributed by atoms with van der Waals surface area (Å²) >= 11 is 0. The maximum Gasteiger partial charge on any atom is 0.335 e. The molecule has 0 saturated carbocycles. The summed E-state index contributed by atoms with van der Waals surface area (Å²) in [5, 5.41) is 20.8. The molecule has 6 heteroatoms. The van der Waals surface area contributed by atoms with E-state index in [1.807, 2.05) is 12.1 Å². The third-order valence-electron chi connectivity index (χ3n) is 4.26. The lowest BCUT2D eigenvalue weighted by atomic mass is 9.86. The predicted octanol–water partition coefficient (Wildman–Crippen LogP) is 3.11. The molecule has 0 radical (unpaired) electrons. The van der Waals surface area contributed by atoms with Crippen molar-refractivity contribution >= 4 is 17.8 Å². The van der Waals surface area contributed by atoms with E-state index in [0.29, 0.717) is 11.1 Å². The lowest BCUT2D eigenvalue weighted by molar-refractivity contribution is -0.139. The van der Waals surface area contributed by atoms with Gasteiger partial charge < -0.3 is 15.5 Å². The summed E-state index contributed by atoms with van der Waals surface area (Å²) in [6.45, 7) is 6.20. The monoisotopic (exact) mass is 369 g/mol. The zero-order valence-corrected chi connectivity index (χ0v) is 15.5. The fraction of sp³-hybridized carbons (Fsp3) is 0.286. The van der Waals surface area contributed by atoms with Crippen LogP contribution >= 0.6 is 0 Å². The molecule has 3 N–H and O–H groups in total. The predicted molar refractivity (Wildman–Crippen MR) is 101 cm³/mol. The van der Waals surface area contributed by atoms with Gasteiger partial charge in [0.2, 0.25) is 0 Å². The van der Waals surface area contributed by atoms with Crippen molar-refractivity contribution in [3.63, 3.8) is 0 Å². The third kappa shape index (κ3) is 5.41. The summed E-state index contributed by atoms with van der Waals surface area (Å²) in [7, 11) is 0. The SMILES string of the molecule is CC(C)(C)c1ccc(C(=O)N[C@H](Cc2ccc(C(=O)O)cc2)C(=O)O)cc1. The van der Waals surface area contributed by atoms with Gasteiger partial charge in [0.05, 0.1) is 5.56 Å². The van der Waals surface area contributed by atoms with Gasteiger partial charge >= 0.3 is 11.9 Å². The molecular weight excluding hydrogens is 346 g/mol. The van der Waals surface area contributed by atoms with E-state index in [0.717, 1.165) is 5.56 Å². The molecule has 142 valence electrons. The molecule has 0 aromatic heterocycles. The van der Waals surface area contributed by atoms with Crippen molar-refractivity contribution in [1.82, 2.24) is 5.32 Å². The highest BCUT2D eigenvalue weighted by molar-refractivity contribution is 5.96. The lowest BCUT2D eigenvalue weighted by Crippen LogP contribution is -2.42. The molecule has 0 bridgehead atoms. The van der Waals surface area contributed by atoms with Crippen molar-refractivity contribution in [2.45, 2.75) is 38.6 Å². The van der Waals surface area contributed by atoms with E-state index < -0.39 is 23.9 Å². The zero-order chi connectivity index (χ0) is 20.2. The Bertz CT molecular complexity index is 832. The van der Waals surface area contributed by atoms with Crippen molar-refractivity contribution in [2.24, 2.45) is 0 Å². The van der Waals surface area contributed by atoms with Crippen molar-refractivity contribution in [3.8, 4) is 0 Å². The summed E-state index contributed by atoms with van der Waals surface area (Å²) in [5.74, 6) is -2.68. The summed E-state index contributed by atoms with van der Waals surface area (Å²) in [6, 6.07) is 11.9. The molecule has 2 aromatic carbocycles. The van der Waals surface area contributed by atoms with E-state index in [4.69, 9.17) is 5.11 Å². The van der Waals surface area contributed by atoms with Crippen LogP contribution < -0.4 is 5.32 Å². The quantitative estimate of drug-likeness (QED) is 0.726. The van der Waals surface area contributed by atoms with Crippen LogP contribution in [0.5, 0.6) is 0 Å². The first kappa shape index (κ1) is 20.2. The molecule has 0 aliphatic carbocycles. The van der Waals surface area contributed by atoms with Gasteiger partial charge in [-0.25, -0.2) is 9.59 Å². The average molecular weight is 369 g/mol. The summed E-state index contributed by atoms with van der Waals surface area (Å²) in [6.07, 6.45) is 0.0566. The summed E-state index contributed by atoms with van der Waals surface area (Å²) < 4.78 is 0. The fourth-order valence-corrected chi connectivity index (χ4v) is 2.58. The van der Waals surface area contributed by atoms with Crippen LogP contribution in [-0.4, -0.2) is 34.1 Å². The highest BCUT2D eigenvalue weighted by Gasteiger charge is 2.22. The molecule has 0 saturated heterocycles. The molecule has 0 aliphatic rings. The summed E-state index contributed by atoms with van der Waals surface area (Å²) in [4.78, 5) is 34.8. The standard InChI is InChI=1S/C21H23NO5/c1-21(2,3)16-10-8-14(9-11-16)18(23)22-17(20(26)27)12-13-4-6-15(7-5-13)19(24)25/h4-11,17H,12H2,1-3H3,(H,22,23)(H,24,25)(H,26,27)/t17-/m1/s1. The van der Waals surface area contributed by atoms with E-state index in [9.17, 15) is 19.5 Å². The van der Waals surface area contributed by atoms with Crippen molar-refractivity contribution in [3.05, 3.63) is 70.8 Å². The smallest absolute Gasteiger partial charge is 0.335 e. The van der Waals surface area contributed by atoms with Crippen LogP contribution in [0, 0.1) is 0 Å². The van der Waals surface area contributed by atoms with Crippen LogP contribution in [0.3, 0.4) is 0 Å². The number of benzene rings is 2. The second-order valence-corrected chi connectivity index (χ2v) is 7.40. The first-order chi connectivity index (χ1) is 12.6. The number of nitrogens with one attached hydrogen (secondary N) is 1. The minimum Gasteiger partial charge on any atom is -0.480 e. The van der Waals surface area contributed by atoms with Crippen LogP contribution in [0.15, 0.2) is 48.5 Å². The molecule has 0 heterocycles. The van der Waals surface area contributed by atoms with E-state index in [2.05, 4.69) is 26.1 Å². The Labute approximate surface area is 157 Å². The van der Waals surface area contributed by atoms with Crippen LogP contribution in [0.4, 0.5) is 0 Å². The number of carbonyl (C=O) groups is 3. The van der Waals surface area contributed by atoms with E-state index in [1.54, 1.807) is 24.3 Å². The van der Waals surface area contributed by atoms with Crippen LogP contribution in [0.1, 0.15) is 52.6 Å². The Morgan fingerprint density at radius 3 is 1.85 bits per heavy atom. The van der Waals surface area contributed by atoms with Crippen LogP contribution in [0.25, 0.3) is 0 Å². The number of rotatable bonds is 6. The van der Waals surface area contributed by atoms with Crippen LogP contribution in [-0.2, 0) is 16.6 Å². The van der Waals surface area contributed by atoms with Gasteiger partial charge in [-0.3, -0.25) is 4.79 Å². The molecule has 0 spiro atoms. The topological polar surface area (TPSA) is 104 Å². The molecule has 6 nitrogen and oxygen atoms in total. The first-order valence-electron chi connectivity index (χ1n) is 8.54. The number of carbonyl (C=O) groups excluding carboxylic acids is 1. The minimum atomic E-state index is -1.16. The van der Waals surface area contributed by atoms with Crippen LogP contribution in [0.2, 0.25) is 0 Å². The van der Waals surface area contributed by atoms with Gasteiger partial charge in [-0.05, 0) is 40.8 Å². The number of amides is 1. The molecule has 1 amide bonds. The maximum atomic E-state index is 12.4. The highest BCUT2D eigenvalue weighted by Crippen LogP contribution is 2.22. The zero-order valence-electron chi connectivity index (χ0n) is 15.5. The van der Waals surface area contributed by atoms with Gasteiger partial charge in [0.15, 0.2) is 0 Å². The second kappa shape index (κ2) is 8.03. The number of carboxylic acids is 2. The van der Waals surface area contributed by atoms with Gasteiger partial charge in [-0.2, -0.15) is 0 Å². The van der Waals surface area contributed by atoms with Gasteiger partial charge in [-0.15, -0.1) is 0 Å². The number of hydrogen-bond donors (Lipinski definition) is 3. The van der Waals surface area contributed by atoms with Crippen molar-refractivity contribution < 1.29 is 24.6 Å². The summed E-state index contributed by atoms with van der Waals surface area (Å²) in [5.41, 5.74) is 2.16. The molecule has 0 fully saturated rings. The molecule has 2 aromatic rings. The Morgan fingerprint density at radius 2 is 1.41 bits per heavy atom. The van der Waals surface area contributed by atoms with Gasteiger partial charge in [0, 0.05) is 12.0 Å². The molecular formula is C21H23NO5. The van der Waals surface area contributed by atoms with E-state index in [-0.39, 0.29) is 17.4 Å². The lowest BCUT2D eigenvalue weighted by Gasteiger charge is -2.19. The Morgan fingerprint density at radius 1 is 0.889 bits per heavy atom. The second-order valence-electron chi connectivity index (χ2n) is 7.40. The average Bonchev–Trinajstić information content (AvgIpc) is 2.60. The van der Waals surface area contributed by atoms with Gasteiger partial charge in [0.1, 0.15) is 6.04 Å². The number of hydrogen-bond acceptors (Lipinski definition) is 3. The first-order valence-corrected chi connectivity index (χ1v) is 8.54. The number of aliphatic carboxylic acids is 1. The van der Waals surface area contributed by atoms with E-state index in [1.165, 1.54) is 12.1 Å². The Hall–Kier alpha value is -3.15. The molecule has 2 rings (SSSR count). The highest BCUT2D eigenvalue weighted by atomic mass is 16.4. The Kier molecular flexibility index (Phi) is 6.00. The van der Waals surface area contributed by atoms with Crippen molar-refractivity contribution in [2.75, 3.05) is 0 Å². The number of aromatic carboxylic acids is 1. The largest absolute Gasteiger partial charge is 0.480 e. The minimum absolute atomic E-state index is 0.0410. The molecule has 0 unspecified atom stereocenters. The maximum absolute atomic E-state index is 12.4. The Balaban J connectivity index is 2.10. The fourth-order valence-electron chi connectivity index (χ4n) is 2.58. The normalized spacial score (nSPS) is 12.3. The van der Waals surface area contributed by atoms with E-state index >= 15 is 0 Å².